The van der Waals surface area contributed by atoms with Crippen LogP contribution < -0.4 is 0 Å². The van der Waals surface area contributed by atoms with Crippen molar-refractivity contribution in [3.8, 4) is 0 Å². The average Bonchev–Trinajstić information content (AvgIpc) is 3.33. The highest BCUT2D eigenvalue weighted by molar-refractivity contribution is 5.94. The Bertz CT molecular complexity index is 938. The Kier molecular flexibility index (Phi) is 7.49. The summed E-state index contributed by atoms with van der Waals surface area (Å²) < 4.78 is 47.0. The standard InChI is InChI=1S/C19H23FN4O.C2HF3O2/c20-16-6-4-15(5-7-16)19(25)23-10-3-11-24-14-21-17(18(24)13-23)12-22-8-1-2-9-22;3-2(4,5)1(6)7/h4-7,14H,1-3,8-13H2;(H,6,7). The number of carbonyl (C=O) groups excluding carboxylic acids is 1. The third-order valence-corrected chi connectivity index (χ3v) is 5.39. The molecule has 11 heteroatoms. The number of hydrogen-bond donors (Lipinski definition) is 1. The quantitative estimate of drug-likeness (QED) is 0.718. The zero-order valence-electron chi connectivity index (χ0n) is 17.3. The number of carboxylic acid groups (broad SMARTS) is 1. The summed E-state index contributed by atoms with van der Waals surface area (Å²) in [5, 5.41) is 7.12. The molecule has 0 radical (unpaired) electrons. The number of benzene rings is 1. The fourth-order valence-electron chi connectivity index (χ4n) is 3.75. The third kappa shape index (κ3) is 6.06. The predicted octanol–water partition coefficient (Wildman–Crippen LogP) is 3.30. The molecule has 1 saturated heterocycles. The second-order valence-corrected chi connectivity index (χ2v) is 7.70. The lowest BCUT2D eigenvalue weighted by Crippen LogP contribution is -2.31. The number of alkyl halides is 3. The van der Waals surface area contributed by atoms with Gasteiger partial charge in [-0.2, -0.15) is 13.2 Å². The van der Waals surface area contributed by atoms with Crippen LogP contribution in [-0.2, 0) is 24.4 Å². The summed E-state index contributed by atoms with van der Waals surface area (Å²) in [5.74, 6) is -3.12. The molecule has 174 valence electrons. The zero-order valence-corrected chi connectivity index (χ0v) is 17.3. The fourth-order valence-corrected chi connectivity index (χ4v) is 3.75. The first kappa shape index (κ1) is 23.7. The van der Waals surface area contributed by atoms with E-state index in [1.165, 1.54) is 25.0 Å². The molecule has 2 aliphatic rings. The number of carbonyl (C=O) groups is 2. The van der Waals surface area contributed by atoms with E-state index in [1.807, 2.05) is 11.2 Å². The van der Waals surface area contributed by atoms with Crippen molar-refractivity contribution in [2.45, 2.75) is 45.1 Å². The van der Waals surface area contributed by atoms with E-state index in [0.29, 0.717) is 18.7 Å². The minimum Gasteiger partial charge on any atom is -0.475 e. The third-order valence-electron chi connectivity index (χ3n) is 5.39. The van der Waals surface area contributed by atoms with E-state index >= 15 is 0 Å². The van der Waals surface area contributed by atoms with Crippen molar-refractivity contribution >= 4 is 11.9 Å². The minimum atomic E-state index is -5.08. The van der Waals surface area contributed by atoms with Crippen molar-refractivity contribution in [3.05, 3.63) is 53.4 Å². The van der Waals surface area contributed by atoms with Crippen LogP contribution in [0.15, 0.2) is 30.6 Å². The summed E-state index contributed by atoms with van der Waals surface area (Å²) >= 11 is 0. The molecule has 1 amide bonds. The monoisotopic (exact) mass is 456 g/mol. The Morgan fingerprint density at radius 3 is 2.22 bits per heavy atom. The van der Waals surface area contributed by atoms with Crippen LogP contribution in [0.3, 0.4) is 0 Å². The van der Waals surface area contributed by atoms with Gasteiger partial charge in [0.15, 0.2) is 0 Å². The normalized spacial score (nSPS) is 16.7. The van der Waals surface area contributed by atoms with Gasteiger partial charge in [0, 0.05) is 25.2 Å². The number of imidazole rings is 1. The Morgan fingerprint density at radius 2 is 1.62 bits per heavy atom. The van der Waals surface area contributed by atoms with Crippen molar-refractivity contribution in [3.63, 3.8) is 0 Å². The lowest BCUT2D eigenvalue weighted by atomic mass is 10.2. The summed E-state index contributed by atoms with van der Waals surface area (Å²) in [4.78, 5) is 30.6. The Morgan fingerprint density at radius 1 is 1.00 bits per heavy atom. The van der Waals surface area contributed by atoms with Crippen molar-refractivity contribution in [1.82, 2.24) is 19.4 Å². The Hall–Kier alpha value is -2.95. The van der Waals surface area contributed by atoms with E-state index in [4.69, 9.17) is 9.90 Å². The SMILES string of the molecule is O=C(O)C(F)(F)F.O=C(c1ccc(F)cc1)N1CCCn2cnc(CN3CCCC3)c2C1. The summed E-state index contributed by atoms with van der Waals surface area (Å²) in [5.41, 5.74) is 2.76. The second kappa shape index (κ2) is 10.1. The van der Waals surface area contributed by atoms with Crippen LogP contribution in [0.4, 0.5) is 17.6 Å². The molecule has 0 saturated carbocycles. The van der Waals surface area contributed by atoms with Gasteiger partial charge in [-0.3, -0.25) is 9.69 Å². The van der Waals surface area contributed by atoms with Crippen LogP contribution in [0.25, 0.3) is 0 Å². The molecule has 1 aromatic heterocycles. The van der Waals surface area contributed by atoms with Gasteiger partial charge in [0.1, 0.15) is 5.82 Å². The van der Waals surface area contributed by atoms with E-state index in [2.05, 4.69) is 14.5 Å². The molecular formula is C21H24F4N4O3. The largest absolute Gasteiger partial charge is 0.490 e. The first-order chi connectivity index (χ1) is 15.1. The van der Waals surface area contributed by atoms with Crippen LogP contribution in [0.5, 0.6) is 0 Å². The Balaban J connectivity index is 0.000000360. The smallest absolute Gasteiger partial charge is 0.475 e. The van der Waals surface area contributed by atoms with Crippen molar-refractivity contribution < 1.29 is 32.3 Å². The number of likely N-dealkylation sites (tertiary alicyclic amines) is 1. The molecule has 0 aliphatic carbocycles. The zero-order chi connectivity index (χ0) is 23.3. The van der Waals surface area contributed by atoms with Crippen LogP contribution >= 0.6 is 0 Å². The van der Waals surface area contributed by atoms with Crippen LogP contribution in [-0.4, -0.2) is 62.1 Å². The summed E-state index contributed by atoms with van der Waals surface area (Å²) in [7, 11) is 0. The van der Waals surface area contributed by atoms with E-state index in [9.17, 15) is 22.4 Å². The Labute approximate surface area is 182 Å². The fraction of sp³-hybridized carbons (Fsp3) is 0.476. The van der Waals surface area contributed by atoms with Gasteiger partial charge >= 0.3 is 12.1 Å². The van der Waals surface area contributed by atoms with Crippen LogP contribution in [0, 0.1) is 5.82 Å². The second-order valence-electron chi connectivity index (χ2n) is 7.70. The number of aryl methyl sites for hydroxylation is 1. The molecule has 0 spiro atoms. The molecule has 2 aliphatic heterocycles. The summed E-state index contributed by atoms with van der Waals surface area (Å²) in [6.07, 6.45) is 0.239. The number of carboxylic acids is 1. The maximum Gasteiger partial charge on any atom is 0.490 e. The minimum absolute atomic E-state index is 0.0400. The predicted molar refractivity (Wildman–Crippen MR) is 106 cm³/mol. The first-order valence-electron chi connectivity index (χ1n) is 10.3. The molecular weight excluding hydrogens is 432 g/mol. The van der Waals surface area contributed by atoms with Crippen molar-refractivity contribution in [2.24, 2.45) is 0 Å². The maximum atomic E-state index is 13.1. The maximum absolute atomic E-state index is 13.1. The van der Waals surface area contributed by atoms with Gasteiger partial charge in [-0.05, 0) is 56.6 Å². The van der Waals surface area contributed by atoms with Gasteiger partial charge in [0.2, 0.25) is 0 Å². The van der Waals surface area contributed by atoms with E-state index < -0.39 is 12.1 Å². The molecule has 3 heterocycles. The number of nitrogens with zero attached hydrogens (tertiary/aromatic N) is 4. The molecule has 2 aromatic rings. The molecule has 7 nitrogen and oxygen atoms in total. The number of hydrogen-bond acceptors (Lipinski definition) is 4. The highest BCUT2D eigenvalue weighted by atomic mass is 19.4. The highest BCUT2D eigenvalue weighted by Crippen LogP contribution is 2.21. The van der Waals surface area contributed by atoms with Gasteiger partial charge in [0.05, 0.1) is 24.3 Å². The van der Waals surface area contributed by atoms with Crippen LogP contribution in [0.2, 0.25) is 0 Å². The average molecular weight is 456 g/mol. The number of halogens is 4. The van der Waals surface area contributed by atoms with Gasteiger partial charge in [-0.1, -0.05) is 0 Å². The topological polar surface area (TPSA) is 78.7 Å². The van der Waals surface area contributed by atoms with Crippen molar-refractivity contribution in [1.29, 1.82) is 0 Å². The number of fused-ring (bicyclic) bond motifs is 1. The lowest BCUT2D eigenvalue weighted by molar-refractivity contribution is -0.192. The molecule has 0 unspecified atom stereocenters. The number of amides is 1. The molecule has 4 rings (SSSR count). The van der Waals surface area contributed by atoms with E-state index in [0.717, 1.165) is 44.0 Å². The number of aliphatic carboxylic acids is 1. The number of aromatic nitrogens is 2. The highest BCUT2D eigenvalue weighted by Gasteiger charge is 2.38. The lowest BCUT2D eigenvalue weighted by Gasteiger charge is -2.21. The molecule has 0 bridgehead atoms. The summed E-state index contributed by atoms with van der Waals surface area (Å²) in [6, 6.07) is 5.80. The van der Waals surface area contributed by atoms with Gasteiger partial charge in [-0.25, -0.2) is 14.2 Å². The van der Waals surface area contributed by atoms with Gasteiger partial charge in [-0.15, -0.1) is 0 Å². The van der Waals surface area contributed by atoms with E-state index in [1.54, 1.807) is 12.1 Å². The molecule has 1 N–H and O–H groups in total. The molecule has 32 heavy (non-hydrogen) atoms. The van der Waals surface area contributed by atoms with E-state index in [-0.39, 0.29) is 11.7 Å². The molecule has 1 aromatic carbocycles. The molecule has 1 fully saturated rings. The summed E-state index contributed by atoms with van der Waals surface area (Å²) in [6.45, 7) is 5.28. The van der Waals surface area contributed by atoms with Gasteiger partial charge < -0.3 is 14.6 Å². The number of rotatable bonds is 3. The van der Waals surface area contributed by atoms with Gasteiger partial charge in [0.25, 0.3) is 5.91 Å². The first-order valence-corrected chi connectivity index (χ1v) is 10.3. The van der Waals surface area contributed by atoms with Crippen LogP contribution in [0.1, 0.15) is 41.0 Å². The van der Waals surface area contributed by atoms with Crippen molar-refractivity contribution in [2.75, 3.05) is 19.6 Å². The molecule has 0 atom stereocenters.